The van der Waals surface area contributed by atoms with Crippen molar-refractivity contribution in [2.24, 2.45) is 4.99 Å². The van der Waals surface area contributed by atoms with Gasteiger partial charge in [-0.25, -0.2) is 25.6 Å². The number of halogens is 2. The molecular weight excluding hydrogens is 400 g/mol. The average molecular weight is 415 g/mol. The van der Waals surface area contributed by atoms with Crippen molar-refractivity contribution in [3.63, 3.8) is 0 Å². The van der Waals surface area contributed by atoms with Gasteiger partial charge in [-0.05, 0) is 42.8 Å². The molecule has 0 spiro atoms. The highest BCUT2D eigenvalue weighted by Gasteiger charge is 2.22. The van der Waals surface area contributed by atoms with Gasteiger partial charge in [0.2, 0.25) is 0 Å². The van der Waals surface area contributed by atoms with Gasteiger partial charge in [0.25, 0.3) is 20.0 Å². The lowest BCUT2D eigenvalue weighted by atomic mass is 10.3. The minimum atomic E-state index is -4.46. The van der Waals surface area contributed by atoms with Crippen LogP contribution >= 0.6 is 0 Å². The highest BCUT2D eigenvalue weighted by Crippen LogP contribution is 2.22. The molecule has 0 saturated heterocycles. The van der Waals surface area contributed by atoms with Gasteiger partial charge in [-0.2, -0.15) is 0 Å². The molecule has 0 aliphatic carbocycles. The zero-order chi connectivity index (χ0) is 19.7. The Morgan fingerprint density at radius 3 is 2.41 bits per heavy atom. The van der Waals surface area contributed by atoms with Gasteiger partial charge in [0.05, 0.1) is 10.6 Å². The molecule has 2 aromatic rings. The molecule has 0 amide bonds. The fourth-order valence-corrected chi connectivity index (χ4v) is 4.73. The van der Waals surface area contributed by atoms with Crippen LogP contribution in [0.3, 0.4) is 0 Å². The lowest BCUT2D eigenvalue weighted by Crippen LogP contribution is -2.29. The number of rotatable bonds is 5. The van der Waals surface area contributed by atoms with Crippen LogP contribution in [0.1, 0.15) is 12.8 Å². The Morgan fingerprint density at radius 1 is 0.926 bits per heavy atom. The molecule has 27 heavy (non-hydrogen) atoms. The SMILES string of the molecule is O=S(=O)(NC1=NCCC1)c1cccc(NS(=O)(=O)c2cc(F)ccc2F)c1. The maximum atomic E-state index is 13.8. The highest BCUT2D eigenvalue weighted by atomic mass is 32.2. The molecule has 0 unspecified atom stereocenters. The second kappa shape index (κ2) is 7.24. The van der Waals surface area contributed by atoms with Crippen LogP contribution in [-0.4, -0.2) is 29.2 Å². The second-order valence-corrected chi connectivity index (χ2v) is 9.08. The normalized spacial score (nSPS) is 14.7. The smallest absolute Gasteiger partial charge is 0.264 e. The molecule has 2 aromatic carbocycles. The molecule has 1 aliphatic heterocycles. The van der Waals surface area contributed by atoms with Gasteiger partial charge >= 0.3 is 0 Å². The third-order valence-corrected chi connectivity index (χ3v) is 6.48. The summed E-state index contributed by atoms with van der Waals surface area (Å²) in [5, 5.41) is 0. The molecule has 7 nitrogen and oxygen atoms in total. The summed E-state index contributed by atoms with van der Waals surface area (Å²) in [7, 11) is -8.41. The summed E-state index contributed by atoms with van der Waals surface area (Å²) < 4.78 is 80.8. The van der Waals surface area contributed by atoms with Crippen molar-refractivity contribution in [3.8, 4) is 0 Å². The van der Waals surface area contributed by atoms with Gasteiger partial charge in [0.15, 0.2) is 0 Å². The zero-order valence-corrected chi connectivity index (χ0v) is 15.4. The number of nitrogens with one attached hydrogen (secondary N) is 2. The topological polar surface area (TPSA) is 105 Å². The van der Waals surface area contributed by atoms with E-state index in [9.17, 15) is 25.6 Å². The molecule has 0 saturated carbocycles. The largest absolute Gasteiger partial charge is 0.279 e. The molecule has 11 heteroatoms. The Labute approximate surface area is 155 Å². The van der Waals surface area contributed by atoms with Crippen molar-refractivity contribution < 1.29 is 25.6 Å². The van der Waals surface area contributed by atoms with Crippen LogP contribution in [0.5, 0.6) is 0 Å². The van der Waals surface area contributed by atoms with Gasteiger partial charge in [0.1, 0.15) is 22.4 Å². The standard InChI is InChI=1S/C16H15F2N3O4S2/c17-11-6-7-14(18)15(9-11)27(24,25)20-12-3-1-4-13(10-12)26(22,23)21-16-5-2-8-19-16/h1,3-4,6-7,9-10,20H,2,5,8H2,(H,19,21). The summed E-state index contributed by atoms with van der Waals surface area (Å²) in [5.74, 6) is -1.72. The third-order valence-electron chi connectivity index (χ3n) is 3.71. The van der Waals surface area contributed by atoms with E-state index in [-0.39, 0.29) is 10.6 Å². The first-order valence-electron chi connectivity index (χ1n) is 7.81. The number of sulfonamides is 2. The van der Waals surface area contributed by atoms with Crippen molar-refractivity contribution in [3.05, 3.63) is 54.1 Å². The van der Waals surface area contributed by atoms with Crippen LogP contribution in [0.15, 0.2) is 57.2 Å². The lowest BCUT2D eigenvalue weighted by Gasteiger charge is -2.11. The molecule has 0 fully saturated rings. The van der Waals surface area contributed by atoms with E-state index in [1.807, 2.05) is 0 Å². The number of anilines is 1. The molecule has 0 atom stereocenters. The summed E-state index contributed by atoms with van der Waals surface area (Å²) in [5.41, 5.74) is -0.116. The van der Waals surface area contributed by atoms with E-state index in [0.717, 1.165) is 18.6 Å². The fraction of sp³-hybridized carbons (Fsp3) is 0.188. The number of benzene rings is 2. The maximum Gasteiger partial charge on any atom is 0.264 e. The number of amidine groups is 1. The van der Waals surface area contributed by atoms with Crippen LogP contribution in [-0.2, 0) is 20.0 Å². The van der Waals surface area contributed by atoms with E-state index >= 15 is 0 Å². The number of hydrogen-bond acceptors (Lipinski definition) is 5. The fourth-order valence-electron chi connectivity index (χ4n) is 2.46. The average Bonchev–Trinajstić information content (AvgIpc) is 3.09. The van der Waals surface area contributed by atoms with Gasteiger partial charge < -0.3 is 0 Å². The van der Waals surface area contributed by atoms with Crippen LogP contribution in [0.2, 0.25) is 0 Å². The first kappa shape index (κ1) is 19.2. The predicted molar refractivity (Wildman–Crippen MR) is 95.5 cm³/mol. The molecule has 0 bridgehead atoms. The van der Waals surface area contributed by atoms with Gasteiger partial charge in [-0.1, -0.05) is 6.07 Å². The van der Waals surface area contributed by atoms with E-state index < -0.39 is 36.6 Å². The number of nitrogens with zero attached hydrogens (tertiary/aromatic N) is 1. The van der Waals surface area contributed by atoms with E-state index in [1.165, 1.54) is 18.2 Å². The van der Waals surface area contributed by atoms with Crippen molar-refractivity contribution >= 4 is 31.6 Å². The first-order valence-corrected chi connectivity index (χ1v) is 10.8. The minimum absolute atomic E-state index is 0.116. The highest BCUT2D eigenvalue weighted by molar-refractivity contribution is 7.92. The Balaban J connectivity index is 1.88. The van der Waals surface area contributed by atoms with E-state index in [1.54, 1.807) is 0 Å². The van der Waals surface area contributed by atoms with Crippen molar-refractivity contribution in [1.82, 2.24) is 4.72 Å². The Kier molecular flexibility index (Phi) is 5.16. The van der Waals surface area contributed by atoms with Crippen LogP contribution < -0.4 is 9.44 Å². The van der Waals surface area contributed by atoms with Crippen molar-refractivity contribution in [1.29, 1.82) is 0 Å². The van der Waals surface area contributed by atoms with Crippen LogP contribution in [0, 0.1) is 11.6 Å². The summed E-state index contributed by atoms with van der Waals surface area (Å²) in [6.45, 7) is 0.539. The summed E-state index contributed by atoms with van der Waals surface area (Å²) >= 11 is 0. The summed E-state index contributed by atoms with van der Waals surface area (Å²) in [6, 6.07) is 6.99. The molecule has 0 radical (unpaired) electrons. The van der Waals surface area contributed by atoms with E-state index in [2.05, 4.69) is 14.4 Å². The molecule has 3 rings (SSSR count). The monoisotopic (exact) mass is 415 g/mol. The molecule has 2 N–H and O–H groups in total. The maximum absolute atomic E-state index is 13.8. The summed E-state index contributed by atoms with van der Waals surface area (Å²) in [6.07, 6.45) is 1.25. The van der Waals surface area contributed by atoms with Gasteiger partial charge in [-0.3, -0.25) is 14.4 Å². The van der Waals surface area contributed by atoms with Gasteiger partial charge in [0, 0.05) is 13.0 Å². The third kappa shape index (κ3) is 4.42. The van der Waals surface area contributed by atoms with Crippen LogP contribution in [0.4, 0.5) is 14.5 Å². The number of aliphatic imine (C=N–C) groups is 1. The second-order valence-electron chi connectivity index (χ2n) is 5.75. The zero-order valence-electron chi connectivity index (χ0n) is 13.8. The Bertz CT molecular complexity index is 1120. The molecule has 1 heterocycles. The molecule has 1 aliphatic rings. The van der Waals surface area contributed by atoms with E-state index in [0.29, 0.717) is 30.9 Å². The van der Waals surface area contributed by atoms with Crippen LogP contribution in [0.25, 0.3) is 0 Å². The molecular formula is C16H15F2N3O4S2. The Hall–Kier alpha value is -2.53. The lowest BCUT2D eigenvalue weighted by molar-refractivity contribution is 0.555. The minimum Gasteiger partial charge on any atom is -0.279 e. The van der Waals surface area contributed by atoms with Crippen molar-refractivity contribution in [2.45, 2.75) is 22.6 Å². The van der Waals surface area contributed by atoms with Gasteiger partial charge in [-0.15, -0.1) is 0 Å². The quantitative estimate of drug-likeness (QED) is 0.781. The Morgan fingerprint density at radius 2 is 1.70 bits per heavy atom. The molecule has 144 valence electrons. The molecule has 0 aromatic heterocycles. The van der Waals surface area contributed by atoms with E-state index in [4.69, 9.17) is 0 Å². The summed E-state index contributed by atoms with van der Waals surface area (Å²) in [4.78, 5) is 2.95. The number of hydrogen-bond donors (Lipinski definition) is 2. The predicted octanol–water partition coefficient (Wildman–Crippen LogP) is 2.24. The van der Waals surface area contributed by atoms with Crippen molar-refractivity contribution in [2.75, 3.05) is 11.3 Å². The first-order chi connectivity index (χ1) is 12.7.